The smallest absolute Gasteiger partial charge is 0.278 e. The van der Waals surface area contributed by atoms with Crippen molar-refractivity contribution < 1.29 is 14.1 Å². The number of nitrogens with one attached hydrogen (secondary N) is 1. The van der Waals surface area contributed by atoms with Crippen LogP contribution in [0.5, 0.6) is 11.6 Å². The maximum atomic E-state index is 13.9. The van der Waals surface area contributed by atoms with Crippen LogP contribution in [-0.2, 0) is 0 Å². The molecule has 1 aromatic heterocycles. The van der Waals surface area contributed by atoms with E-state index in [4.69, 9.17) is 4.74 Å². The van der Waals surface area contributed by atoms with Crippen LogP contribution >= 0.6 is 0 Å². The average molecular weight is 291 g/mol. The molecular weight excluding hydrogens is 277 g/mol. The second-order valence-electron chi connectivity index (χ2n) is 4.33. The summed E-state index contributed by atoms with van der Waals surface area (Å²) in [4.78, 5) is 14.4. The lowest BCUT2D eigenvalue weighted by Crippen LogP contribution is -2.02. The van der Waals surface area contributed by atoms with E-state index in [-0.39, 0.29) is 17.3 Å². The Bertz CT molecular complexity index is 677. The number of nitrogens with zero attached hydrogens (tertiary/aromatic N) is 2. The maximum Gasteiger partial charge on any atom is 0.278 e. The van der Waals surface area contributed by atoms with Crippen LogP contribution in [-0.4, -0.2) is 16.5 Å². The van der Waals surface area contributed by atoms with E-state index >= 15 is 0 Å². The molecule has 0 saturated carbocycles. The van der Waals surface area contributed by atoms with Gasteiger partial charge in [-0.1, -0.05) is 12.1 Å². The fraction of sp³-hybridized carbons (Fsp3) is 0.214. The summed E-state index contributed by atoms with van der Waals surface area (Å²) < 4.78 is 19.2. The van der Waals surface area contributed by atoms with Crippen LogP contribution in [0, 0.1) is 22.9 Å². The number of hydrogen-bond acceptors (Lipinski definition) is 5. The first-order valence-corrected chi connectivity index (χ1v) is 6.34. The Morgan fingerprint density at radius 3 is 2.86 bits per heavy atom. The van der Waals surface area contributed by atoms with Crippen LogP contribution in [0.3, 0.4) is 0 Å². The lowest BCUT2D eigenvalue weighted by atomic mass is 10.2. The van der Waals surface area contributed by atoms with Crippen LogP contribution in [0.15, 0.2) is 30.3 Å². The molecule has 0 aliphatic heterocycles. The normalized spacial score (nSPS) is 10.2. The topological polar surface area (TPSA) is 77.3 Å². The molecule has 7 heteroatoms. The number of aryl methyl sites for hydroxylation is 1. The number of anilines is 1. The van der Waals surface area contributed by atoms with Gasteiger partial charge in [-0.05, 0) is 25.5 Å². The van der Waals surface area contributed by atoms with Crippen molar-refractivity contribution in [2.45, 2.75) is 13.8 Å². The van der Waals surface area contributed by atoms with Crippen molar-refractivity contribution in [3.05, 3.63) is 51.8 Å². The number of hydrogen-bond donors (Lipinski definition) is 1. The molecule has 1 heterocycles. The van der Waals surface area contributed by atoms with E-state index in [1.165, 1.54) is 12.1 Å². The fourth-order valence-electron chi connectivity index (χ4n) is 1.73. The Labute approximate surface area is 120 Å². The van der Waals surface area contributed by atoms with Gasteiger partial charge in [0, 0.05) is 6.54 Å². The molecule has 0 amide bonds. The summed E-state index contributed by atoms with van der Waals surface area (Å²) in [6, 6.07) is 7.13. The van der Waals surface area contributed by atoms with Crippen molar-refractivity contribution in [2.75, 3.05) is 11.9 Å². The van der Waals surface area contributed by atoms with Crippen LogP contribution in [0.1, 0.15) is 12.5 Å². The van der Waals surface area contributed by atoms with Crippen molar-refractivity contribution in [1.29, 1.82) is 0 Å². The largest absolute Gasteiger partial charge is 0.436 e. The standard InChI is InChI=1S/C14H14FN3O3/c1-3-16-12-7-10(18(19)20)8-13(17-12)21-11-6-4-5-9(2)14(11)15/h4-8H,3H2,1-2H3,(H,16,17). The Morgan fingerprint density at radius 1 is 1.43 bits per heavy atom. The van der Waals surface area contributed by atoms with Crippen molar-refractivity contribution >= 4 is 11.5 Å². The van der Waals surface area contributed by atoms with E-state index in [0.717, 1.165) is 6.07 Å². The fourth-order valence-corrected chi connectivity index (χ4v) is 1.73. The van der Waals surface area contributed by atoms with Gasteiger partial charge in [0.2, 0.25) is 5.88 Å². The highest BCUT2D eigenvalue weighted by Crippen LogP contribution is 2.28. The molecule has 0 bridgehead atoms. The second-order valence-corrected chi connectivity index (χ2v) is 4.33. The highest BCUT2D eigenvalue weighted by molar-refractivity contribution is 5.49. The van der Waals surface area contributed by atoms with Crippen molar-refractivity contribution in [3.63, 3.8) is 0 Å². The van der Waals surface area contributed by atoms with Gasteiger partial charge in [0.1, 0.15) is 5.82 Å². The number of benzene rings is 1. The van der Waals surface area contributed by atoms with Crippen LogP contribution in [0.2, 0.25) is 0 Å². The first-order valence-electron chi connectivity index (χ1n) is 6.34. The number of ether oxygens (including phenoxy) is 1. The quantitative estimate of drug-likeness (QED) is 0.672. The predicted molar refractivity (Wildman–Crippen MR) is 76.3 cm³/mol. The Balaban J connectivity index is 2.38. The first-order chi connectivity index (χ1) is 10.0. The molecule has 0 fully saturated rings. The zero-order valence-electron chi connectivity index (χ0n) is 11.6. The van der Waals surface area contributed by atoms with E-state index in [9.17, 15) is 14.5 Å². The summed E-state index contributed by atoms with van der Waals surface area (Å²) in [7, 11) is 0. The molecule has 2 aromatic rings. The van der Waals surface area contributed by atoms with Gasteiger partial charge in [-0.2, -0.15) is 4.98 Å². The minimum Gasteiger partial charge on any atom is -0.436 e. The Kier molecular flexibility index (Phi) is 4.32. The lowest BCUT2D eigenvalue weighted by molar-refractivity contribution is -0.384. The van der Waals surface area contributed by atoms with Crippen molar-refractivity contribution in [1.82, 2.24) is 4.98 Å². The third kappa shape index (κ3) is 3.44. The van der Waals surface area contributed by atoms with Gasteiger partial charge >= 0.3 is 0 Å². The van der Waals surface area contributed by atoms with Gasteiger partial charge in [-0.25, -0.2) is 4.39 Å². The Hall–Kier alpha value is -2.70. The van der Waals surface area contributed by atoms with Crippen LogP contribution in [0.25, 0.3) is 0 Å². The average Bonchev–Trinajstić information content (AvgIpc) is 2.44. The van der Waals surface area contributed by atoms with Crippen LogP contribution < -0.4 is 10.1 Å². The lowest BCUT2D eigenvalue weighted by Gasteiger charge is -2.09. The van der Waals surface area contributed by atoms with E-state index in [2.05, 4.69) is 10.3 Å². The van der Waals surface area contributed by atoms with Gasteiger partial charge in [0.25, 0.3) is 5.69 Å². The molecule has 0 atom stereocenters. The summed E-state index contributed by atoms with van der Waals surface area (Å²) in [6.07, 6.45) is 0. The predicted octanol–water partition coefficient (Wildman–Crippen LogP) is 3.66. The first kappa shape index (κ1) is 14.7. The minimum absolute atomic E-state index is 0.0227. The van der Waals surface area contributed by atoms with Gasteiger partial charge in [-0.3, -0.25) is 10.1 Å². The second kappa shape index (κ2) is 6.17. The molecule has 0 saturated heterocycles. The SMILES string of the molecule is CCNc1cc([N+](=O)[O-])cc(Oc2cccc(C)c2F)n1. The molecule has 6 nitrogen and oxygen atoms in total. The summed E-state index contributed by atoms with van der Waals surface area (Å²) in [6.45, 7) is 3.99. The molecule has 0 spiro atoms. The summed E-state index contributed by atoms with van der Waals surface area (Å²) in [5.41, 5.74) is 0.244. The zero-order chi connectivity index (χ0) is 15.4. The molecule has 2 rings (SSSR count). The number of rotatable bonds is 5. The van der Waals surface area contributed by atoms with E-state index < -0.39 is 10.7 Å². The summed E-state index contributed by atoms with van der Waals surface area (Å²) in [5, 5.41) is 13.8. The molecule has 21 heavy (non-hydrogen) atoms. The molecule has 0 radical (unpaired) electrons. The highest BCUT2D eigenvalue weighted by Gasteiger charge is 2.14. The number of aromatic nitrogens is 1. The van der Waals surface area contributed by atoms with Crippen molar-refractivity contribution in [3.8, 4) is 11.6 Å². The minimum atomic E-state index is -0.554. The molecule has 1 aromatic carbocycles. The molecule has 0 aliphatic carbocycles. The molecule has 0 unspecified atom stereocenters. The number of nitro groups is 1. The van der Waals surface area contributed by atoms with E-state index in [0.29, 0.717) is 17.9 Å². The monoisotopic (exact) mass is 291 g/mol. The van der Waals surface area contributed by atoms with E-state index in [1.807, 2.05) is 6.92 Å². The maximum absolute atomic E-state index is 13.9. The highest BCUT2D eigenvalue weighted by atomic mass is 19.1. The van der Waals surface area contributed by atoms with Crippen molar-refractivity contribution in [2.24, 2.45) is 0 Å². The number of pyridine rings is 1. The third-order valence-electron chi connectivity index (χ3n) is 2.73. The van der Waals surface area contributed by atoms with E-state index in [1.54, 1.807) is 19.1 Å². The molecule has 1 N–H and O–H groups in total. The van der Waals surface area contributed by atoms with Gasteiger partial charge in [-0.15, -0.1) is 0 Å². The molecule has 0 aliphatic rings. The Morgan fingerprint density at radius 2 is 2.19 bits per heavy atom. The van der Waals surface area contributed by atoms with Gasteiger partial charge in [0.05, 0.1) is 17.1 Å². The number of halogens is 1. The third-order valence-corrected chi connectivity index (χ3v) is 2.73. The summed E-state index contributed by atoms with van der Waals surface area (Å²) in [5.74, 6) is -0.277. The molecular formula is C14H14FN3O3. The van der Waals surface area contributed by atoms with Gasteiger partial charge in [0.15, 0.2) is 11.6 Å². The van der Waals surface area contributed by atoms with Gasteiger partial charge < -0.3 is 10.1 Å². The van der Waals surface area contributed by atoms with Crippen LogP contribution in [0.4, 0.5) is 15.9 Å². The summed E-state index contributed by atoms with van der Waals surface area (Å²) >= 11 is 0. The zero-order valence-corrected chi connectivity index (χ0v) is 11.6. The molecule has 110 valence electrons.